The molecule has 80 valence electrons. The summed E-state index contributed by atoms with van der Waals surface area (Å²) in [6.07, 6.45) is 1.38. The number of amides is 1. The van der Waals surface area contributed by atoms with Crippen LogP contribution in [-0.2, 0) is 9.53 Å². The minimum atomic E-state index is -0.239. The van der Waals surface area contributed by atoms with E-state index in [1.165, 1.54) is 13.2 Å². The van der Waals surface area contributed by atoms with Gasteiger partial charge in [0.2, 0.25) is 0 Å². The van der Waals surface area contributed by atoms with Gasteiger partial charge in [-0.1, -0.05) is 17.7 Å². The summed E-state index contributed by atoms with van der Waals surface area (Å²) in [6.45, 7) is 1.71. The summed E-state index contributed by atoms with van der Waals surface area (Å²) in [5, 5.41) is 3.25. The molecule has 0 saturated heterocycles. The second-order valence-corrected chi connectivity index (χ2v) is 3.40. The lowest BCUT2D eigenvalue weighted by atomic mass is 10.3. The van der Waals surface area contributed by atoms with Crippen LogP contribution >= 0.6 is 11.6 Å². The van der Waals surface area contributed by atoms with E-state index < -0.39 is 0 Å². The standard InChI is InChI=1S/C11H12ClNO2/c1-8(15-2)6-11(14)13-10-5-3-4-9(12)7-10/h3-7H,1-2H3,(H,13,14)/b8-6-. The lowest BCUT2D eigenvalue weighted by Crippen LogP contribution is -2.08. The van der Waals surface area contributed by atoms with Crippen LogP contribution in [0, 0.1) is 0 Å². The Bertz CT molecular complexity index is 388. The van der Waals surface area contributed by atoms with Crippen molar-refractivity contribution < 1.29 is 9.53 Å². The molecule has 0 atom stereocenters. The number of carbonyl (C=O) groups excluding carboxylic acids is 1. The molecule has 0 fully saturated rings. The summed E-state index contributed by atoms with van der Waals surface area (Å²) in [6, 6.07) is 6.95. The molecule has 0 aliphatic carbocycles. The number of allylic oxidation sites excluding steroid dienone is 1. The van der Waals surface area contributed by atoms with Gasteiger partial charge in [0.05, 0.1) is 12.9 Å². The predicted octanol–water partition coefficient (Wildman–Crippen LogP) is 2.83. The van der Waals surface area contributed by atoms with Crippen LogP contribution in [-0.4, -0.2) is 13.0 Å². The highest BCUT2D eigenvalue weighted by Gasteiger charge is 1.99. The van der Waals surface area contributed by atoms with Gasteiger partial charge in [0.25, 0.3) is 5.91 Å². The topological polar surface area (TPSA) is 38.3 Å². The summed E-state index contributed by atoms with van der Waals surface area (Å²) < 4.78 is 4.86. The van der Waals surface area contributed by atoms with Crippen LogP contribution in [0.2, 0.25) is 5.02 Å². The maximum atomic E-state index is 11.4. The maximum absolute atomic E-state index is 11.4. The van der Waals surface area contributed by atoms with E-state index in [0.29, 0.717) is 16.5 Å². The number of rotatable bonds is 3. The summed E-state index contributed by atoms with van der Waals surface area (Å²) in [4.78, 5) is 11.4. The molecule has 1 amide bonds. The zero-order valence-corrected chi connectivity index (χ0v) is 9.34. The third-order valence-electron chi connectivity index (χ3n) is 1.75. The number of halogens is 1. The average Bonchev–Trinajstić information content (AvgIpc) is 2.17. The van der Waals surface area contributed by atoms with Crippen LogP contribution < -0.4 is 5.32 Å². The Kier molecular flexibility index (Phi) is 4.18. The fraction of sp³-hybridized carbons (Fsp3) is 0.182. The normalized spacial score (nSPS) is 11.0. The van der Waals surface area contributed by atoms with Gasteiger partial charge in [-0.2, -0.15) is 0 Å². The molecule has 15 heavy (non-hydrogen) atoms. The molecule has 0 aromatic heterocycles. The molecule has 4 heteroatoms. The van der Waals surface area contributed by atoms with Crippen molar-refractivity contribution in [3.8, 4) is 0 Å². The molecule has 0 heterocycles. The minimum absolute atomic E-state index is 0.239. The molecule has 1 rings (SSSR count). The van der Waals surface area contributed by atoms with Crippen molar-refractivity contribution in [2.45, 2.75) is 6.92 Å². The van der Waals surface area contributed by atoms with Crippen LogP contribution in [0.3, 0.4) is 0 Å². The van der Waals surface area contributed by atoms with Gasteiger partial charge in [0.1, 0.15) is 0 Å². The number of carbonyl (C=O) groups is 1. The lowest BCUT2D eigenvalue weighted by Gasteiger charge is -2.03. The molecule has 0 saturated carbocycles. The Balaban J connectivity index is 2.67. The van der Waals surface area contributed by atoms with Crippen LogP contribution in [0.1, 0.15) is 6.92 Å². The Hall–Kier alpha value is -1.48. The molecule has 3 nitrogen and oxygen atoms in total. The summed E-state index contributed by atoms with van der Waals surface area (Å²) in [5.41, 5.74) is 0.660. The Morgan fingerprint density at radius 3 is 2.87 bits per heavy atom. The van der Waals surface area contributed by atoms with E-state index in [2.05, 4.69) is 5.32 Å². The van der Waals surface area contributed by atoms with Crippen LogP contribution in [0.4, 0.5) is 5.69 Å². The van der Waals surface area contributed by atoms with Gasteiger partial charge >= 0.3 is 0 Å². The fourth-order valence-electron chi connectivity index (χ4n) is 0.988. The highest BCUT2D eigenvalue weighted by atomic mass is 35.5. The van der Waals surface area contributed by atoms with Crippen molar-refractivity contribution in [2.75, 3.05) is 12.4 Å². The third kappa shape index (κ3) is 4.04. The fourth-order valence-corrected chi connectivity index (χ4v) is 1.18. The number of nitrogens with one attached hydrogen (secondary N) is 1. The van der Waals surface area contributed by atoms with Gasteiger partial charge in [-0.05, 0) is 25.1 Å². The van der Waals surface area contributed by atoms with Crippen LogP contribution in [0.15, 0.2) is 36.1 Å². The molecular formula is C11H12ClNO2. The summed E-state index contributed by atoms with van der Waals surface area (Å²) in [5.74, 6) is 0.311. The van der Waals surface area contributed by atoms with Crippen LogP contribution in [0.5, 0.6) is 0 Å². The molecule has 0 unspecified atom stereocenters. The van der Waals surface area contributed by atoms with E-state index in [-0.39, 0.29) is 5.91 Å². The predicted molar refractivity (Wildman–Crippen MR) is 60.8 cm³/mol. The molecule has 1 aromatic rings. The summed E-state index contributed by atoms with van der Waals surface area (Å²) >= 11 is 5.77. The van der Waals surface area contributed by atoms with E-state index in [9.17, 15) is 4.79 Å². The minimum Gasteiger partial charge on any atom is -0.501 e. The highest BCUT2D eigenvalue weighted by Crippen LogP contribution is 2.14. The Morgan fingerprint density at radius 2 is 2.27 bits per heavy atom. The number of hydrogen-bond donors (Lipinski definition) is 1. The smallest absolute Gasteiger partial charge is 0.251 e. The molecule has 1 aromatic carbocycles. The molecule has 0 spiro atoms. The van der Waals surface area contributed by atoms with E-state index in [1.54, 1.807) is 31.2 Å². The van der Waals surface area contributed by atoms with E-state index in [0.717, 1.165) is 0 Å². The quantitative estimate of drug-likeness (QED) is 0.635. The number of anilines is 1. The Morgan fingerprint density at radius 1 is 1.53 bits per heavy atom. The van der Waals surface area contributed by atoms with E-state index >= 15 is 0 Å². The first-order valence-corrected chi connectivity index (χ1v) is 4.78. The monoisotopic (exact) mass is 225 g/mol. The Labute approximate surface area is 93.7 Å². The van der Waals surface area contributed by atoms with Gasteiger partial charge in [-0.3, -0.25) is 4.79 Å². The van der Waals surface area contributed by atoms with Gasteiger partial charge in [0, 0.05) is 16.8 Å². The summed E-state index contributed by atoms with van der Waals surface area (Å²) in [7, 11) is 1.51. The average molecular weight is 226 g/mol. The van der Waals surface area contributed by atoms with Crippen molar-refractivity contribution in [1.29, 1.82) is 0 Å². The molecule has 0 aliphatic heterocycles. The van der Waals surface area contributed by atoms with Crippen molar-refractivity contribution in [1.82, 2.24) is 0 Å². The zero-order chi connectivity index (χ0) is 11.3. The maximum Gasteiger partial charge on any atom is 0.251 e. The van der Waals surface area contributed by atoms with E-state index in [1.807, 2.05) is 0 Å². The lowest BCUT2D eigenvalue weighted by molar-refractivity contribution is -0.112. The second kappa shape index (κ2) is 5.41. The van der Waals surface area contributed by atoms with Crippen molar-refractivity contribution >= 4 is 23.2 Å². The van der Waals surface area contributed by atoms with E-state index in [4.69, 9.17) is 16.3 Å². The van der Waals surface area contributed by atoms with Crippen molar-refractivity contribution in [3.63, 3.8) is 0 Å². The third-order valence-corrected chi connectivity index (χ3v) is 1.98. The highest BCUT2D eigenvalue weighted by molar-refractivity contribution is 6.30. The van der Waals surface area contributed by atoms with Crippen molar-refractivity contribution in [2.24, 2.45) is 0 Å². The van der Waals surface area contributed by atoms with Crippen molar-refractivity contribution in [3.05, 3.63) is 41.1 Å². The first kappa shape index (κ1) is 11.6. The number of hydrogen-bond acceptors (Lipinski definition) is 2. The van der Waals surface area contributed by atoms with Gasteiger partial charge < -0.3 is 10.1 Å². The second-order valence-electron chi connectivity index (χ2n) is 2.96. The first-order valence-electron chi connectivity index (χ1n) is 4.40. The number of benzene rings is 1. The SMILES string of the molecule is CO/C(C)=C\C(=O)Nc1cccc(Cl)c1. The molecule has 0 radical (unpaired) electrons. The number of methoxy groups -OCH3 is 1. The zero-order valence-electron chi connectivity index (χ0n) is 8.58. The molecular weight excluding hydrogens is 214 g/mol. The number of ether oxygens (including phenoxy) is 1. The molecule has 1 N–H and O–H groups in total. The first-order chi connectivity index (χ1) is 7.11. The van der Waals surface area contributed by atoms with Gasteiger partial charge in [-0.15, -0.1) is 0 Å². The van der Waals surface area contributed by atoms with Crippen LogP contribution in [0.25, 0.3) is 0 Å². The molecule has 0 bridgehead atoms. The van der Waals surface area contributed by atoms with Gasteiger partial charge in [0.15, 0.2) is 0 Å². The largest absolute Gasteiger partial charge is 0.501 e. The molecule has 0 aliphatic rings. The van der Waals surface area contributed by atoms with Gasteiger partial charge in [-0.25, -0.2) is 0 Å².